The van der Waals surface area contributed by atoms with Gasteiger partial charge < -0.3 is 19.7 Å². The molecule has 0 radical (unpaired) electrons. The van der Waals surface area contributed by atoms with Crippen molar-refractivity contribution in [2.75, 3.05) is 46.5 Å². The molecule has 3 rings (SSSR count). The molecule has 160 valence electrons. The third-order valence-corrected chi connectivity index (χ3v) is 5.65. The smallest absolute Gasteiger partial charge is 0.251 e. The number of fused-ring (bicyclic) bond motifs is 1. The van der Waals surface area contributed by atoms with Crippen molar-refractivity contribution in [1.29, 1.82) is 0 Å². The molecule has 2 aliphatic rings. The van der Waals surface area contributed by atoms with Gasteiger partial charge in [0, 0.05) is 31.3 Å². The first-order chi connectivity index (χ1) is 14.1. The van der Waals surface area contributed by atoms with Gasteiger partial charge >= 0.3 is 0 Å². The molecule has 1 aromatic carbocycles. The molecule has 0 bridgehead atoms. The van der Waals surface area contributed by atoms with Crippen LogP contribution >= 0.6 is 0 Å². The molecule has 1 fully saturated rings. The number of carbonyl (C=O) groups is 2. The lowest BCUT2D eigenvalue weighted by Gasteiger charge is -2.29. The third-order valence-electron chi connectivity index (χ3n) is 5.65. The van der Waals surface area contributed by atoms with Gasteiger partial charge in [-0.25, -0.2) is 0 Å². The first kappa shape index (κ1) is 21.6. The number of amides is 2. The maximum Gasteiger partial charge on any atom is 0.251 e. The van der Waals surface area contributed by atoms with Crippen LogP contribution in [0.15, 0.2) is 18.2 Å². The Bertz CT molecular complexity index is 701. The van der Waals surface area contributed by atoms with Gasteiger partial charge in [-0.1, -0.05) is 12.8 Å². The summed E-state index contributed by atoms with van der Waals surface area (Å²) in [5, 5.41) is 2.83. The van der Waals surface area contributed by atoms with Gasteiger partial charge in [0.1, 0.15) is 12.4 Å². The van der Waals surface area contributed by atoms with Crippen LogP contribution in [-0.2, 0) is 16.1 Å². The zero-order chi connectivity index (χ0) is 20.6. The van der Waals surface area contributed by atoms with E-state index in [-0.39, 0.29) is 17.9 Å². The summed E-state index contributed by atoms with van der Waals surface area (Å²) in [6, 6.07) is 5.42. The summed E-state index contributed by atoms with van der Waals surface area (Å²) in [5.74, 6) is 0.728. The van der Waals surface area contributed by atoms with Crippen LogP contribution < -0.4 is 10.1 Å². The summed E-state index contributed by atoms with van der Waals surface area (Å²) in [6.07, 6.45) is 4.83. The summed E-state index contributed by atoms with van der Waals surface area (Å²) in [7, 11) is 1.60. The predicted molar refractivity (Wildman–Crippen MR) is 111 cm³/mol. The summed E-state index contributed by atoms with van der Waals surface area (Å²) in [6.45, 7) is 6.30. The molecule has 2 heterocycles. The molecule has 7 heteroatoms. The number of nitrogens with zero attached hydrogens (tertiary/aromatic N) is 2. The van der Waals surface area contributed by atoms with E-state index < -0.39 is 0 Å². The number of hydrogen-bond acceptors (Lipinski definition) is 5. The lowest BCUT2D eigenvalue weighted by molar-refractivity contribution is -0.135. The molecule has 1 aromatic rings. The Morgan fingerprint density at radius 3 is 2.69 bits per heavy atom. The Balaban J connectivity index is 1.69. The molecule has 29 heavy (non-hydrogen) atoms. The minimum absolute atomic E-state index is 0.0131. The second-order valence-electron chi connectivity index (χ2n) is 7.94. The maximum absolute atomic E-state index is 13.1. The molecule has 1 atom stereocenters. The average Bonchev–Trinajstić information content (AvgIpc) is 3.07. The first-order valence-electron chi connectivity index (χ1n) is 10.6. The van der Waals surface area contributed by atoms with Crippen LogP contribution in [0.2, 0.25) is 0 Å². The van der Waals surface area contributed by atoms with Crippen LogP contribution in [0.25, 0.3) is 0 Å². The molecule has 1 N–H and O–H groups in total. The topological polar surface area (TPSA) is 71.1 Å². The lowest BCUT2D eigenvalue weighted by Crippen LogP contribution is -2.45. The van der Waals surface area contributed by atoms with Gasteiger partial charge in [0.2, 0.25) is 5.91 Å². The number of likely N-dealkylation sites (tertiary alicyclic amines) is 1. The Morgan fingerprint density at radius 2 is 1.97 bits per heavy atom. The molecule has 1 saturated heterocycles. The fourth-order valence-corrected chi connectivity index (χ4v) is 3.90. The van der Waals surface area contributed by atoms with Gasteiger partial charge in [-0.15, -0.1) is 0 Å². The van der Waals surface area contributed by atoms with Crippen molar-refractivity contribution < 1.29 is 19.1 Å². The Morgan fingerprint density at radius 1 is 1.21 bits per heavy atom. The zero-order valence-electron chi connectivity index (χ0n) is 17.6. The van der Waals surface area contributed by atoms with Crippen LogP contribution in [0.3, 0.4) is 0 Å². The van der Waals surface area contributed by atoms with Crippen LogP contribution in [-0.4, -0.2) is 74.2 Å². The number of rotatable bonds is 6. The van der Waals surface area contributed by atoms with Crippen LogP contribution in [0.1, 0.15) is 48.5 Å². The van der Waals surface area contributed by atoms with Gasteiger partial charge in [-0.3, -0.25) is 14.5 Å². The summed E-state index contributed by atoms with van der Waals surface area (Å²) < 4.78 is 10.9. The molecule has 0 unspecified atom stereocenters. The largest absolute Gasteiger partial charge is 0.491 e. The summed E-state index contributed by atoms with van der Waals surface area (Å²) >= 11 is 0. The molecule has 2 amide bonds. The fraction of sp³-hybridized carbons (Fsp3) is 0.636. The molecule has 0 saturated carbocycles. The van der Waals surface area contributed by atoms with Gasteiger partial charge in [0.15, 0.2) is 0 Å². The van der Waals surface area contributed by atoms with Crippen molar-refractivity contribution in [1.82, 2.24) is 15.1 Å². The van der Waals surface area contributed by atoms with E-state index in [0.29, 0.717) is 38.4 Å². The zero-order valence-corrected chi connectivity index (χ0v) is 17.6. The van der Waals surface area contributed by atoms with Crippen LogP contribution in [0.4, 0.5) is 0 Å². The SMILES string of the molecule is COCCNC(=O)c1ccc2c(c1)CN(C(=O)CN1CCCCCC1)[C@@H](C)CO2. The molecule has 2 aliphatic heterocycles. The van der Waals surface area contributed by atoms with Crippen molar-refractivity contribution in [3.63, 3.8) is 0 Å². The fourth-order valence-electron chi connectivity index (χ4n) is 3.90. The van der Waals surface area contributed by atoms with E-state index in [1.54, 1.807) is 13.2 Å². The van der Waals surface area contributed by atoms with E-state index in [1.165, 1.54) is 12.8 Å². The van der Waals surface area contributed by atoms with Crippen molar-refractivity contribution in [3.05, 3.63) is 29.3 Å². The summed E-state index contributed by atoms with van der Waals surface area (Å²) in [4.78, 5) is 29.6. The van der Waals surface area contributed by atoms with E-state index in [1.807, 2.05) is 24.0 Å². The minimum Gasteiger partial charge on any atom is -0.491 e. The van der Waals surface area contributed by atoms with E-state index in [0.717, 1.165) is 37.2 Å². The number of carbonyl (C=O) groups excluding carboxylic acids is 2. The van der Waals surface area contributed by atoms with Gasteiger partial charge in [0.25, 0.3) is 5.91 Å². The lowest BCUT2D eigenvalue weighted by atomic mass is 10.1. The Labute approximate surface area is 173 Å². The molecular formula is C22H33N3O4. The monoisotopic (exact) mass is 403 g/mol. The molecule has 0 aromatic heterocycles. The average molecular weight is 404 g/mol. The van der Waals surface area contributed by atoms with E-state index in [4.69, 9.17) is 9.47 Å². The van der Waals surface area contributed by atoms with E-state index in [2.05, 4.69) is 10.2 Å². The highest BCUT2D eigenvalue weighted by molar-refractivity contribution is 5.94. The highest BCUT2D eigenvalue weighted by atomic mass is 16.5. The summed E-state index contributed by atoms with van der Waals surface area (Å²) in [5.41, 5.74) is 1.44. The van der Waals surface area contributed by atoms with Crippen molar-refractivity contribution in [2.24, 2.45) is 0 Å². The second kappa shape index (κ2) is 10.6. The number of nitrogens with one attached hydrogen (secondary N) is 1. The molecule has 0 spiro atoms. The highest BCUT2D eigenvalue weighted by Crippen LogP contribution is 2.26. The van der Waals surface area contributed by atoms with Crippen molar-refractivity contribution in [2.45, 2.75) is 45.2 Å². The number of methoxy groups -OCH3 is 1. The standard InChI is InChI=1S/C22H33N3O4/c1-17-16-29-20-8-7-18(22(27)23-9-12-28-2)13-19(20)14-25(17)21(26)15-24-10-5-3-4-6-11-24/h7-8,13,17H,3-6,9-12,14-16H2,1-2H3,(H,23,27)/t17-/m0/s1. The second-order valence-corrected chi connectivity index (χ2v) is 7.94. The van der Waals surface area contributed by atoms with Gasteiger partial charge in [0.05, 0.1) is 19.2 Å². The number of benzene rings is 1. The molecule has 0 aliphatic carbocycles. The number of hydrogen-bond donors (Lipinski definition) is 1. The first-order valence-corrected chi connectivity index (χ1v) is 10.6. The minimum atomic E-state index is -0.149. The van der Waals surface area contributed by atoms with E-state index in [9.17, 15) is 9.59 Å². The molecule has 7 nitrogen and oxygen atoms in total. The Hall–Kier alpha value is -2.12. The third kappa shape index (κ3) is 5.93. The predicted octanol–water partition coefficient (Wildman–Crippen LogP) is 2.05. The van der Waals surface area contributed by atoms with Gasteiger partial charge in [-0.05, 0) is 51.1 Å². The van der Waals surface area contributed by atoms with Crippen molar-refractivity contribution in [3.8, 4) is 5.75 Å². The normalized spacial score (nSPS) is 20.2. The maximum atomic E-state index is 13.1. The van der Waals surface area contributed by atoms with Crippen molar-refractivity contribution >= 4 is 11.8 Å². The number of ether oxygens (including phenoxy) is 2. The van der Waals surface area contributed by atoms with Gasteiger partial charge in [-0.2, -0.15) is 0 Å². The van der Waals surface area contributed by atoms with Crippen LogP contribution in [0, 0.1) is 0 Å². The Kier molecular flexibility index (Phi) is 7.89. The van der Waals surface area contributed by atoms with Crippen LogP contribution in [0.5, 0.6) is 5.75 Å². The quantitative estimate of drug-likeness (QED) is 0.736. The van der Waals surface area contributed by atoms with E-state index >= 15 is 0 Å². The highest BCUT2D eigenvalue weighted by Gasteiger charge is 2.27. The molecular weight excluding hydrogens is 370 g/mol.